The monoisotopic (exact) mass is 236 g/mol. The topological polar surface area (TPSA) is 29.3 Å². The van der Waals surface area contributed by atoms with Gasteiger partial charge in [0.1, 0.15) is 11.4 Å². The molecule has 0 saturated carbocycles. The fraction of sp³-hybridized carbons (Fsp3) is 0.417. The van der Waals surface area contributed by atoms with Crippen molar-refractivity contribution in [2.45, 2.75) is 18.9 Å². The van der Waals surface area contributed by atoms with Crippen LogP contribution in [0.1, 0.15) is 12.8 Å². The third kappa shape index (κ3) is 1.47. The molecule has 2 aromatic rings. The van der Waals surface area contributed by atoms with E-state index in [-0.39, 0.29) is 0 Å². The number of nitrogens with zero attached hydrogens (tertiary/aromatic N) is 2. The summed E-state index contributed by atoms with van der Waals surface area (Å²) in [6, 6.07) is 4.28. The Hall–Kier alpha value is -1.22. The number of fused-ring (bicyclic) bond motifs is 1. The maximum Gasteiger partial charge on any atom is 0.139 e. The molecule has 84 valence electrons. The molecule has 1 unspecified atom stereocenters. The number of pyridine rings is 1. The number of hydrogen-bond acceptors (Lipinski definition) is 3. The fourth-order valence-corrected chi connectivity index (χ4v) is 2.70. The summed E-state index contributed by atoms with van der Waals surface area (Å²) in [7, 11) is 0. The lowest BCUT2D eigenvalue weighted by molar-refractivity contribution is 0.615. The van der Waals surface area contributed by atoms with Gasteiger partial charge < -0.3 is 9.32 Å². The Morgan fingerprint density at radius 1 is 1.50 bits per heavy atom. The van der Waals surface area contributed by atoms with Crippen LogP contribution < -0.4 is 4.90 Å². The molecule has 0 bridgehead atoms. The lowest BCUT2D eigenvalue weighted by atomic mass is 10.2. The van der Waals surface area contributed by atoms with Gasteiger partial charge in [-0.3, -0.25) is 0 Å². The second-order valence-corrected chi connectivity index (χ2v) is 4.42. The van der Waals surface area contributed by atoms with Gasteiger partial charge in [0.25, 0.3) is 0 Å². The molecule has 0 aliphatic carbocycles. The Bertz CT molecular complexity index is 496. The molecule has 2 aromatic heterocycles. The average Bonchev–Trinajstić information content (AvgIpc) is 2.96. The van der Waals surface area contributed by atoms with Crippen LogP contribution in [0.2, 0.25) is 0 Å². The molecule has 1 atom stereocenters. The van der Waals surface area contributed by atoms with Crippen LogP contribution >= 0.6 is 11.6 Å². The van der Waals surface area contributed by atoms with Gasteiger partial charge in [0.05, 0.1) is 11.6 Å². The number of halogens is 1. The maximum absolute atomic E-state index is 5.98. The first kappa shape index (κ1) is 9.97. The van der Waals surface area contributed by atoms with Crippen LogP contribution in [0.25, 0.3) is 11.0 Å². The summed E-state index contributed by atoms with van der Waals surface area (Å²) in [4.78, 5) is 6.76. The Morgan fingerprint density at radius 2 is 2.44 bits per heavy atom. The minimum absolute atomic E-state index is 0.412. The van der Waals surface area contributed by atoms with Crippen LogP contribution in [-0.4, -0.2) is 23.5 Å². The molecule has 0 aromatic carbocycles. The number of alkyl halides is 1. The van der Waals surface area contributed by atoms with Crippen molar-refractivity contribution >= 4 is 28.4 Å². The molecule has 0 N–H and O–H groups in total. The van der Waals surface area contributed by atoms with Gasteiger partial charge in [-0.05, 0) is 25.0 Å². The predicted octanol–water partition coefficient (Wildman–Crippen LogP) is 3.04. The molecule has 3 heterocycles. The van der Waals surface area contributed by atoms with Gasteiger partial charge in [0.2, 0.25) is 0 Å². The zero-order valence-electron chi connectivity index (χ0n) is 8.90. The summed E-state index contributed by atoms with van der Waals surface area (Å²) in [6.45, 7) is 1.04. The number of aromatic nitrogens is 1. The molecular formula is C12H13ClN2O. The fourth-order valence-electron chi connectivity index (χ4n) is 2.38. The average molecular weight is 237 g/mol. The zero-order chi connectivity index (χ0) is 11.0. The Labute approximate surface area is 99.0 Å². The van der Waals surface area contributed by atoms with Crippen molar-refractivity contribution in [3.63, 3.8) is 0 Å². The summed E-state index contributed by atoms with van der Waals surface area (Å²) in [6.07, 6.45) is 5.85. The summed E-state index contributed by atoms with van der Waals surface area (Å²) in [5.41, 5.74) is 0.894. The molecule has 4 heteroatoms. The predicted molar refractivity (Wildman–Crippen MR) is 65.1 cm³/mol. The molecular weight excluding hydrogens is 224 g/mol. The number of rotatable bonds is 2. The minimum Gasteiger partial charge on any atom is -0.464 e. The highest BCUT2D eigenvalue weighted by Gasteiger charge is 2.26. The van der Waals surface area contributed by atoms with Crippen LogP contribution in [0.15, 0.2) is 29.0 Å². The van der Waals surface area contributed by atoms with E-state index in [4.69, 9.17) is 16.0 Å². The summed E-state index contributed by atoms with van der Waals surface area (Å²) < 4.78 is 5.39. The highest BCUT2D eigenvalue weighted by atomic mass is 35.5. The van der Waals surface area contributed by atoms with Crippen LogP contribution in [-0.2, 0) is 0 Å². The number of anilines is 1. The summed E-state index contributed by atoms with van der Waals surface area (Å²) >= 11 is 5.98. The highest BCUT2D eigenvalue weighted by molar-refractivity contribution is 6.18. The van der Waals surface area contributed by atoms with E-state index in [1.54, 1.807) is 12.5 Å². The first-order chi connectivity index (χ1) is 7.90. The van der Waals surface area contributed by atoms with Gasteiger partial charge in [-0.25, -0.2) is 4.98 Å². The van der Waals surface area contributed by atoms with Crippen molar-refractivity contribution in [2.24, 2.45) is 0 Å². The molecule has 3 nitrogen and oxygen atoms in total. The SMILES string of the molecule is ClCC1CCCN1c1nccc2occc12. The van der Waals surface area contributed by atoms with Gasteiger partial charge in [-0.15, -0.1) is 11.6 Å². The maximum atomic E-state index is 5.98. The second-order valence-electron chi connectivity index (χ2n) is 4.11. The molecule has 0 amide bonds. The van der Waals surface area contributed by atoms with E-state index in [1.807, 2.05) is 12.1 Å². The van der Waals surface area contributed by atoms with E-state index < -0.39 is 0 Å². The van der Waals surface area contributed by atoms with E-state index in [9.17, 15) is 0 Å². The lowest BCUT2D eigenvalue weighted by Crippen LogP contribution is -2.31. The normalized spacial score (nSPS) is 20.8. The highest BCUT2D eigenvalue weighted by Crippen LogP contribution is 2.31. The van der Waals surface area contributed by atoms with E-state index in [2.05, 4.69) is 9.88 Å². The third-order valence-electron chi connectivity index (χ3n) is 3.19. The molecule has 1 aliphatic rings. The van der Waals surface area contributed by atoms with E-state index in [0.717, 1.165) is 29.8 Å². The summed E-state index contributed by atoms with van der Waals surface area (Å²) in [5, 5.41) is 1.08. The van der Waals surface area contributed by atoms with Crippen molar-refractivity contribution in [3.8, 4) is 0 Å². The molecule has 1 saturated heterocycles. The minimum atomic E-state index is 0.412. The van der Waals surface area contributed by atoms with Gasteiger partial charge in [0.15, 0.2) is 0 Å². The first-order valence-electron chi connectivity index (χ1n) is 5.55. The number of furan rings is 1. The van der Waals surface area contributed by atoms with Gasteiger partial charge >= 0.3 is 0 Å². The number of hydrogen-bond donors (Lipinski definition) is 0. The van der Waals surface area contributed by atoms with E-state index in [0.29, 0.717) is 11.9 Å². The van der Waals surface area contributed by atoms with Gasteiger partial charge in [0, 0.05) is 24.7 Å². The van der Waals surface area contributed by atoms with Crippen LogP contribution in [0.4, 0.5) is 5.82 Å². The van der Waals surface area contributed by atoms with Crippen molar-refractivity contribution in [3.05, 3.63) is 24.6 Å². The lowest BCUT2D eigenvalue weighted by Gasteiger charge is -2.24. The van der Waals surface area contributed by atoms with Crippen LogP contribution in [0.3, 0.4) is 0 Å². The van der Waals surface area contributed by atoms with Crippen molar-refractivity contribution in [1.82, 2.24) is 4.98 Å². The largest absolute Gasteiger partial charge is 0.464 e. The quantitative estimate of drug-likeness (QED) is 0.751. The van der Waals surface area contributed by atoms with Crippen LogP contribution in [0.5, 0.6) is 0 Å². The Morgan fingerprint density at radius 3 is 3.31 bits per heavy atom. The smallest absolute Gasteiger partial charge is 0.139 e. The second kappa shape index (κ2) is 3.98. The third-order valence-corrected chi connectivity index (χ3v) is 3.54. The van der Waals surface area contributed by atoms with Gasteiger partial charge in [-0.2, -0.15) is 0 Å². The Kier molecular flexibility index (Phi) is 2.48. The molecule has 0 spiro atoms. The zero-order valence-corrected chi connectivity index (χ0v) is 9.65. The van der Waals surface area contributed by atoms with Crippen molar-refractivity contribution < 1.29 is 4.42 Å². The Balaban J connectivity index is 2.07. The standard InChI is InChI=1S/C12H13ClN2O/c13-8-9-2-1-6-15(9)12-10-4-7-16-11(10)3-5-14-12/h3-5,7,9H,1-2,6,8H2. The van der Waals surface area contributed by atoms with Gasteiger partial charge in [-0.1, -0.05) is 0 Å². The molecule has 1 aliphatic heterocycles. The van der Waals surface area contributed by atoms with Crippen molar-refractivity contribution in [1.29, 1.82) is 0 Å². The van der Waals surface area contributed by atoms with Crippen LogP contribution in [0, 0.1) is 0 Å². The molecule has 16 heavy (non-hydrogen) atoms. The molecule has 1 fully saturated rings. The van der Waals surface area contributed by atoms with E-state index in [1.165, 1.54) is 6.42 Å². The molecule has 3 rings (SSSR count). The van der Waals surface area contributed by atoms with Crippen molar-refractivity contribution in [2.75, 3.05) is 17.3 Å². The first-order valence-corrected chi connectivity index (χ1v) is 6.08. The molecule has 0 radical (unpaired) electrons. The summed E-state index contributed by atoms with van der Waals surface area (Å²) in [5.74, 6) is 1.67. The van der Waals surface area contributed by atoms with E-state index >= 15 is 0 Å².